The molecule has 0 bridgehead atoms. The summed E-state index contributed by atoms with van der Waals surface area (Å²) in [6.07, 6.45) is 3.59. The lowest BCUT2D eigenvalue weighted by molar-refractivity contribution is 1.09. The predicted molar refractivity (Wildman–Crippen MR) is 82.8 cm³/mol. The zero-order valence-corrected chi connectivity index (χ0v) is 11.5. The Bertz CT molecular complexity index is 833. The van der Waals surface area contributed by atoms with Gasteiger partial charge < -0.3 is 5.32 Å². The molecule has 0 atom stereocenters. The molecule has 1 aliphatic rings. The molecular weight excluding hydrogens is 262 g/mol. The summed E-state index contributed by atoms with van der Waals surface area (Å²) in [5, 5.41) is 10.5. The van der Waals surface area contributed by atoms with Gasteiger partial charge in [-0.05, 0) is 18.6 Å². The van der Waals surface area contributed by atoms with E-state index < -0.39 is 0 Å². The van der Waals surface area contributed by atoms with Crippen molar-refractivity contribution in [3.63, 3.8) is 0 Å². The van der Waals surface area contributed by atoms with Crippen LogP contribution in [0.4, 0.5) is 11.5 Å². The van der Waals surface area contributed by atoms with E-state index in [-0.39, 0.29) is 0 Å². The molecule has 0 spiro atoms. The molecule has 21 heavy (non-hydrogen) atoms. The Morgan fingerprint density at radius 2 is 1.90 bits per heavy atom. The maximum atomic E-state index is 4.68. The number of aliphatic imine (C=N–C) groups is 1. The lowest BCUT2D eigenvalue weighted by Crippen LogP contribution is -2.12. The SMILES string of the molecule is Cc1cnc2c(c1)-c1[nH]ncc1NC(c1ccccc1)=N2. The topological polar surface area (TPSA) is 66.0 Å². The van der Waals surface area contributed by atoms with Gasteiger partial charge >= 0.3 is 0 Å². The number of aromatic nitrogens is 3. The average molecular weight is 275 g/mol. The molecule has 0 saturated heterocycles. The lowest BCUT2D eigenvalue weighted by atomic mass is 10.1. The summed E-state index contributed by atoms with van der Waals surface area (Å²) in [5.41, 5.74) is 4.88. The third kappa shape index (κ3) is 1.99. The van der Waals surface area contributed by atoms with Crippen molar-refractivity contribution in [2.75, 3.05) is 5.32 Å². The molecule has 5 nitrogen and oxygen atoms in total. The van der Waals surface area contributed by atoms with Crippen molar-refractivity contribution in [3.05, 3.63) is 59.9 Å². The van der Waals surface area contributed by atoms with Crippen LogP contribution in [0.3, 0.4) is 0 Å². The van der Waals surface area contributed by atoms with Crippen LogP contribution in [0.2, 0.25) is 0 Å². The first-order chi connectivity index (χ1) is 10.3. The minimum atomic E-state index is 0.690. The zero-order valence-electron chi connectivity index (χ0n) is 11.5. The normalized spacial score (nSPS) is 12.7. The maximum Gasteiger partial charge on any atom is 0.163 e. The number of hydrogen-bond acceptors (Lipinski definition) is 4. The van der Waals surface area contributed by atoms with Crippen LogP contribution in [0.25, 0.3) is 11.3 Å². The maximum absolute atomic E-state index is 4.68. The first kappa shape index (κ1) is 11.8. The van der Waals surface area contributed by atoms with Gasteiger partial charge in [0.2, 0.25) is 0 Å². The van der Waals surface area contributed by atoms with Crippen LogP contribution < -0.4 is 5.32 Å². The summed E-state index contributed by atoms with van der Waals surface area (Å²) in [7, 11) is 0. The van der Waals surface area contributed by atoms with E-state index >= 15 is 0 Å². The van der Waals surface area contributed by atoms with Gasteiger partial charge in [-0.15, -0.1) is 0 Å². The minimum absolute atomic E-state index is 0.690. The van der Waals surface area contributed by atoms with Crippen LogP contribution in [0.5, 0.6) is 0 Å². The number of pyridine rings is 1. The molecule has 5 heteroatoms. The van der Waals surface area contributed by atoms with E-state index in [2.05, 4.69) is 31.6 Å². The van der Waals surface area contributed by atoms with Gasteiger partial charge in [0.15, 0.2) is 5.82 Å². The molecule has 102 valence electrons. The van der Waals surface area contributed by atoms with Crippen molar-refractivity contribution in [1.82, 2.24) is 15.2 Å². The number of fused-ring (bicyclic) bond motifs is 3. The Morgan fingerprint density at radius 1 is 1.05 bits per heavy atom. The summed E-state index contributed by atoms with van der Waals surface area (Å²) in [6.45, 7) is 2.02. The van der Waals surface area contributed by atoms with Crippen molar-refractivity contribution in [3.8, 4) is 11.3 Å². The van der Waals surface area contributed by atoms with Crippen molar-refractivity contribution >= 4 is 17.3 Å². The van der Waals surface area contributed by atoms with Crippen LogP contribution in [0.15, 0.2) is 53.8 Å². The van der Waals surface area contributed by atoms with Crippen molar-refractivity contribution in [2.24, 2.45) is 4.99 Å². The minimum Gasteiger partial charge on any atom is -0.337 e. The third-order valence-corrected chi connectivity index (χ3v) is 3.43. The Labute approximate surface area is 121 Å². The molecule has 3 heterocycles. The van der Waals surface area contributed by atoms with E-state index in [9.17, 15) is 0 Å². The van der Waals surface area contributed by atoms with E-state index in [0.717, 1.165) is 33.9 Å². The molecule has 0 fully saturated rings. The molecule has 2 aromatic heterocycles. The number of benzene rings is 1. The van der Waals surface area contributed by atoms with E-state index in [1.807, 2.05) is 43.5 Å². The fourth-order valence-corrected chi connectivity index (χ4v) is 2.42. The Kier molecular flexibility index (Phi) is 2.57. The summed E-state index contributed by atoms with van der Waals surface area (Å²) in [6, 6.07) is 12.1. The quantitative estimate of drug-likeness (QED) is 0.716. The number of nitrogens with one attached hydrogen (secondary N) is 2. The van der Waals surface area contributed by atoms with Gasteiger partial charge in [-0.3, -0.25) is 5.10 Å². The van der Waals surface area contributed by atoms with E-state index in [0.29, 0.717) is 5.82 Å². The zero-order chi connectivity index (χ0) is 14.2. The molecule has 1 aliphatic heterocycles. The molecule has 1 aromatic carbocycles. The van der Waals surface area contributed by atoms with Crippen LogP contribution in [-0.4, -0.2) is 21.0 Å². The highest BCUT2D eigenvalue weighted by Crippen LogP contribution is 2.35. The molecule has 0 aliphatic carbocycles. The van der Waals surface area contributed by atoms with Crippen LogP contribution in [0, 0.1) is 6.92 Å². The Morgan fingerprint density at radius 3 is 2.76 bits per heavy atom. The van der Waals surface area contributed by atoms with Crippen LogP contribution in [0.1, 0.15) is 11.1 Å². The van der Waals surface area contributed by atoms with Crippen LogP contribution >= 0.6 is 0 Å². The van der Waals surface area contributed by atoms with Gasteiger partial charge in [-0.2, -0.15) is 5.10 Å². The largest absolute Gasteiger partial charge is 0.337 e. The highest BCUT2D eigenvalue weighted by Gasteiger charge is 2.19. The monoisotopic (exact) mass is 275 g/mol. The number of amidine groups is 1. The highest BCUT2D eigenvalue weighted by molar-refractivity contribution is 6.12. The molecule has 2 N–H and O–H groups in total. The molecule has 3 aromatic rings. The number of H-pyrrole nitrogens is 1. The molecule has 0 radical (unpaired) electrons. The second-order valence-electron chi connectivity index (χ2n) is 4.99. The van der Waals surface area contributed by atoms with Gasteiger partial charge in [0.1, 0.15) is 5.84 Å². The fourth-order valence-electron chi connectivity index (χ4n) is 2.42. The molecule has 4 rings (SSSR count). The second kappa shape index (κ2) is 4.56. The average Bonchev–Trinajstić information content (AvgIpc) is 2.91. The summed E-state index contributed by atoms with van der Waals surface area (Å²) < 4.78 is 0. The van der Waals surface area contributed by atoms with Gasteiger partial charge in [0.25, 0.3) is 0 Å². The van der Waals surface area contributed by atoms with Crippen molar-refractivity contribution in [1.29, 1.82) is 0 Å². The summed E-state index contributed by atoms with van der Waals surface area (Å²) >= 11 is 0. The van der Waals surface area contributed by atoms with Gasteiger partial charge in [-0.1, -0.05) is 30.3 Å². The molecule has 0 unspecified atom stereocenters. The van der Waals surface area contributed by atoms with Crippen LogP contribution in [-0.2, 0) is 0 Å². The molecule has 0 saturated carbocycles. The molecular formula is C16H13N5. The predicted octanol–water partition coefficient (Wildman–Crippen LogP) is 3.28. The van der Waals surface area contributed by atoms with E-state index in [4.69, 9.17) is 0 Å². The van der Waals surface area contributed by atoms with Gasteiger partial charge in [-0.25, -0.2) is 9.98 Å². The third-order valence-electron chi connectivity index (χ3n) is 3.43. The number of anilines is 1. The lowest BCUT2D eigenvalue weighted by Gasteiger charge is -2.06. The fraction of sp³-hybridized carbons (Fsp3) is 0.0625. The van der Waals surface area contributed by atoms with Crippen molar-refractivity contribution in [2.45, 2.75) is 6.92 Å². The van der Waals surface area contributed by atoms with Gasteiger partial charge in [0, 0.05) is 17.3 Å². The first-order valence-electron chi connectivity index (χ1n) is 6.73. The number of aryl methyl sites for hydroxylation is 1. The standard InChI is InChI=1S/C16H13N5/c1-10-7-12-14-13(9-18-21-14)19-15(20-16(12)17-8-10)11-5-3-2-4-6-11/h2-9H,1H3,(H,18,21)(H,17,19,20). The number of aromatic amines is 1. The number of rotatable bonds is 1. The Hall–Kier alpha value is -2.95. The van der Waals surface area contributed by atoms with Crippen molar-refractivity contribution < 1.29 is 0 Å². The van der Waals surface area contributed by atoms with Gasteiger partial charge in [0.05, 0.1) is 17.6 Å². The molecule has 0 amide bonds. The summed E-state index contributed by atoms with van der Waals surface area (Å²) in [4.78, 5) is 9.14. The summed E-state index contributed by atoms with van der Waals surface area (Å²) in [5.74, 6) is 1.46. The van der Waals surface area contributed by atoms with E-state index in [1.165, 1.54) is 0 Å². The highest BCUT2D eigenvalue weighted by atomic mass is 15.2. The first-order valence-corrected chi connectivity index (χ1v) is 6.73. The number of nitrogens with zero attached hydrogens (tertiary/aromatic N) is 3. The Balaban J connectivity index is 1.96. The smallest absolute Gasteiger partial charge is 0.163 e. The number of hydrogen-bond donors (Lipinski definition) is 2. The second-order valence-corrected chi connectivity index (χ2v) is 4.99. The van der Waals surface area contributed by atoms with E-state index in [1.54, 1.807) is 6.20 Å².